The number of fused-ring (bicyclic) bond motifs is 2. The number of hydrogen-bond acceptors (Lipinski definition) is 3. The Morgan fingerprint density at radius 1 is 0.960 bits per heavy atom. The molecule has 4 nitrogen and oxygen atoms in total. The van der Waals surface area contributed by atoms with E-state index >= 15 is 0 Å². The highest BCUT2D eigenvalue weighted by Crippen LogP contribution is 2.36. The minimum absolute atomic E-state index is 0. The lowest BCUT2D eigenvalue weighted by Crippen LogP contribution is -2.28. The van der Waals surface area contributed by atoms with E-state index in [2.05, 4.69) is 4.90 Å². The van der Waals surface area contributed by atoms with Gasteiger partial charge in [0.15, 0.2) is 0 Å². The van der Waals surface area contributed by atoms with E-state index in [1.165, 1.54) is 0 Å². The fourth-order valence-corrected chi connectivity index (χ4v) is 2.78. The number of hydrogen-bond donors (Lipinski definition) is 0. The molecule has 0 saturated carbocycles. The van der Waals surface area contributed by atoms with Gasteiger partial charge < -0.3 is 9.64 Å². The lowest BCUT2D eigenvalue weighted by Gasteiger charge is -2.24. The van der Waals surface area contributed by atoms with Crippen molar-refractivity contribution in [2.75, 3.05) is 32.1 Å². The predicted molar refractivity (Wildman–Crippen MR) is 106 cm³/mol. The Morgan fingerprint density at radius 2 is 1.48 bits per heavy atom. The summed E-state index contributed by atoms with van der Waals surface area (Å²) in [6.07, 6.45) is 4.55. The predicted octanol–water partition coefficient (Wildman–Crippen LogP) is 4.82. The number of para-hydroxylation sites is 2. The standard InChI is InChI=1S/C20H22N2O2.ClH/c1-21(2)14-7-15-24-20(23)22-18-10-5-3-8-16(18)12-13-17-9-4-6-11-19(17)22;/h3-6,8-13H,7,14-15H2,1-2H3;1H. The number of carbonyl (C=O) groups is 1. The molecule has 1 aliphatic heterocycles. The van der Waals surface area contributed by atoms with Crippen LogP contribution in [0.3, 0.4) is 0 Å². The number of anilines is 2. The number of benzene rings is 2. The Hall–Kier alpha value is -2.30. The zero-order chi connectivity index (χ0) is 16.9. The third-order valence-electron chi connectivity index (χ3n) is 3.96. The average Bonchev–Trinajstić information content (AvgIpc) is 2.75. The summed E-state index contributed by atoms with van der Waals surface area (Å²) in [6, 6.07) is 15.7. The Labute approximate surface area is 155 Å². The van der Waals surface area contributed by atoms with Crippen molar-refractivity contribution in [2.45, 2.75) is 6.42 Å². The van der Waals surface area contributed by atoms with Crippen LogP contribution < -0.4 is 4.90 Å². The molecule has 1 amide bonds. The van der Waals surface area contributed by atoms with Crippen molar-refractivity contribution in [3.05, 3.63) is 59.7 Å². The highest BCUT2D eigenvalue weighted by molar-refractivity contribution is 6.03. The third-order valence-corrected chi connectivity index (χ3v) is 3.96. The number of carbonyl (C=O) groups excluding carboxylic acids is 1. The molecule has 0 atom stereocenters. The quantitative estimate of drug-likeness (QED) is 0.734. The number of nitrogens with zero attached hydrogens (tertiary/aromatic N) is 2. The van der Waals surface area contributed by atoms with Gasteiger partial charge in [-0.15, -0.1) is 12.4 Å². The lowest BCUT2D eigenvalue weighted by atomic mass is 10.1. The largest absolute Gasteiger partial charge is 0.449 e. The molecule has 0 radical (unpaired) electrons. The monoisotopic (exact) mass is 358 g/mol. The first-order valence-corrected chi connectivity index (χ1v) is 8.14. The molecule has 2 aromatic carbocycles. The molecule has 0 spiro atoms. The van der Waals surface area contributed by atoms with Gasteiger partial charge in [0.2, 0.25) is 0 Å². The molecule has 0 fully saturated rings. The molecular weight excluding hydrogens is 336 g/mol. The topological polar surface area (TPSA) is 32.8 Å². The van der Waals surface area contributed by atoms with E-state index in [1.807, 2.05) is 74.8 Å². The van der Waals surface area contributed by atoms with E-state index in [0.29, 0.717) is 6.61 Å². The maximum atomic E-state index is 12.8. The molecule has 3 rings (SSSR count). The van der Waals surface area contributed by atoms with Crippen LogP contribution in [-0.2, 0) is 4.74 Å². The molecule has 1 heterocycles. The Balaban J connectivity index is 0.00000225. The number of ether oxygens (including phenoxy) is 1. The van der Waals surface area contributed by atoms with Crippen molar-refractivity contribution in [1.29, 1.82) is 0 Å². The molecule has 1 aliphatic rings. The first kappa shape index (κ1) is 19.0. The molecule has 132 valence electrons. The van der Waals surface area contributed by atoms with E-state index in [0.717, 1.165) is 35.5 Å². The summed E-state index contributed by atoms with van der Waals surface area (Å²) in [5.41, 5.74) is 3.69. The Morgan fingerprint density at radius 3 is 2.00 bits per heavy atom. The molecular formula is C20H23ClN2O2. The van der Waals surface area contributed by atoms with Crippen LogP contribution in [0.25, 0.3) is 12.2 Å². The van der Waals surface area contributed by atoms with Crippen molar-refractivity contribution in [2.24, 2.45) is 0 Å². The van der Waals surface area contributed by atoms with Gasteiger partial charge in [-0.25, -0.2) is 9.69 Å². The van der Waals surface area contributed by atoms with Gasteiger partial charge in [0.05, 0.1) is 18.0 Å². The summed E-state index contributed by atoms with van der Waals surface area (Å²) >= 11 is 0. The van der Waals surface area contributed by atoms with Crippen molar-refractivity contribution in [3.63, 3.8) is 0 Å². The first-order valence-electron chi connectivity index (χ1n) is 8.14. The number of rotatable bonds is 4. The fraction of sp³-hybridized carbons (Fsp3) is 0.250. The van der Waals surface area contributed by atoms with Crippen LogP contribution in [0.1, 0.15) is 17.5 Å². The SMILES string of the molecule is CN(C)CCCOC(=O)N1c2ccccc2C=Cc2ccccc21.Cl. The summed E-state index contributed by atoms with van der Waals surface area (Å²) in [5.74, 6) is 0. The molecule has 0 aromatic heterocycles. The summed E-state index contributed by atoms with van der Waals surface area (Å²) in [7, 11) is 4.02. The van der Waals surface area contributed by atoms with E-state index < -0.39 is 0 Å². The summed E-state index contributed by atoms with van der Waals surface area (Å²) in [6.45, 7) is 1.30. The second kappa shape index (κ2) is 8.70. The Kier molecular flexibility index (Phi) is 6.62. The average molecular weight is 359 g/mol. The summed E-state index contributed by atoms with van der Waals surface area (Å²) in [4.78, 5) is 16.5. The smallest absolute Gasteiger partial charge is 0.418 e. The van der Waals surface area contributed by atoms with E-state index in [-0.39, 0.29) is 18.5 Å². The van der Waals surface area contributed by atoms with E-state index in [9.17, 15) is 4.79 Å². The van der Waals surface area contributed by atoms with Crippen molar-refractivity contribution >= 4 is 42.0 Å². The maximum Gasteiger partial charge on any atom is 0.418 e. The highest BCUT2D eigenvalue weighted by Gasteiger charge is 2.24. The minimum Gasteiger partial charge on any atom is -0.449 e. The second-order valence-electron chi connectivity index (χ2n) is 6.06. The molecule has 0 N–H and O–H groups in total. The van der Waals surface area contributed by atoms with Gasteiger partial charge in [-0.1, -0.05) is 48.6 Å². The summed E-state index contributed by atoms with van der Waals surface area (Å²) in [5, 5.41) is 0. The van der Waals surface area contributed by atoms with Gasteiger partial charge in [-0.05, 0) is 43.8 Å². The zero-order valence-corrected chi connectivity index (χ0v) is 15.3. The maximum absolute atomic E-state index is 12.8. The van der Waals surface area contributed by atoms with Gasteiger partial charge >= 0.3 is 6.09 Å². The lowest BCUT2D eigenvalue weighted by molar-refractivity contribution is 0.151. The first-order chi connectivity index (χ1) is 11.7. The molecule has 0 unspecified atom stereocenters. The Bertz CT molecular complexity index is 709. The molecule has 0 bridgehead atoms. The number of halogens is 1. The molecule has 0 aliphatic carbocycles. The van der Waals surface area contributed by atoms with E-state index in [1.54, 1.807) is 4.90 Å². The van der Waals surface area contributed by atoms with Crippen LogP contribution in [0.5, 0.6) is 0 Å². The van der Waals surface area contributed by atoms with Crippen LogP contribution in [0.4, 0.5) is 16.2 Å². The minimum atomic E-state index is -0.336. The van der Waals surface area contributed by atoms with Crippen LogP contribution in [0, 0.1) is 0 Å². The zero-order valence-electron chi connectivity index (χ0n) is 14.5. The second-order valence-corrected chi connectivity index (χ2v) is 6.06. The molecule has 5 heteroatoms. The number of amides is 1. The van der Waals surface area contributed by atoms with Crippen LogP contribution in [0.2, 0.25) is 0 Å². The fourth-order valence-electron chi connectivity index (χ4n) is 2.78. The van der Waals surface area contributed by atoms with Crippen LogP contribution in [-0.4, -0.2) is 38.2 Å². The molecule has 2 aromatic rings. The van der Waals surface area contributed by atoms with Gasteiger partial charge in [0.1, 0.15) is 0 Å². The van der Waals surface area contributed by atoms with Crippen molar-refractivity contribution in [1.82, 2.24) is 4.90 Å². The third kappa shape index (κ3) is 4.41. The van der Waals surface area contributed by atoms with Gasteiger partial charge in [-0.3, -0.25) is 0 Å². The van der Waals surface area contributed by atoms with Gasteiger partial charge in [0, 0.05) is 6.54 Å². The highest BCUT2D eigenvalue weighted by atomic mass is 35.5. The van der Waals surface area contributed by atoms with Crippen molar-refractivity contribution in [3.8, 4) is 0 Å². The molecule has 25 heavy (non-hydrogen) atoms. The van der Waals surface area contributed by atoms with E-state index in [4.69, 9.17) is 4.74 Å². The normalized spacial score (nSPS) is 12.0. The van der Waals surface area contributed by atoms with Crippen LogP contribution in [0.15, 0.2) is 48.5 Å². The van der Waals surface area contributed by atoms with Gasteiger partial charge in [0.25, 0.3) is 0 Å². The van der Waals surface area contributed by atoms with Crippen molar-refractivity contribution < 1.29 is 9.53 Å². The molecule has 0 saturated heterocycles. The van der Waals surface area contributed by atoms with Gasteiger partial charge in [-0.2, -0.15) is 0 Å². The van der Waals surface area contributed by atoms with Crippen LogP contribution >= 0.6 is 12.4 Å². The summed E-state index contributed by atoms with van der Waals surface area (Å²) < 4.78 is 5.53.